The Bertz CT molecular complexity index is 600. The van der Waals surface area contributed by atoms with E-state index in [0.717, 1.165) is 43.6 Å². The van der Waals surface area contributed by atoms with E-state index < -0.39 is 0 Å². The Morgan fingerprint density at radius 2 is 1.89 bits per heavy atom. The molecule has 158 valence electrons. The lowest BCUT2D eigenvalue weighted by atomic mass is 9.83. The van der Waals surface area contributed by atoms with Gasteiger partial charge in [-0.25, -0.2) is 0 Å². The first kappa shape index (κ1) is 22.3. The van der Waals surface area contributed by atoms with Gasteiger partial charge in [0.2, 0.25) is 0 Å². The Hall–Kier alpha value is -1.95. The predicted molar refractivity (Wildman–Crippen MR) is 114 cm³/mol. The second-order valence-electron chi connectivity index (χ2n) is 7.54. The van der Waals surface area contributed by atoms with Gasteiger partial charge in [-0.2, -0.15) is 0 Å². The van der Waals surface area contributed by atoms with Gasteiger partial charge < -0.3 is 24.8 Å². The standard InChI is InChI=1S/C22H37N3O3/c1-5-27-15-14-22(12-8-9-13-22)17-25-21(23-3)24-16-18(2)28-20-11-7-6-10-19(20)26-4/h6-7,10-11,18H,5,8-9,12-17H2,1-4H3,(H2,23,24,25). The number of rotatable bonds is 11. The van der Waals surface area contributed by atoms with E-state index in [9.17, 15) is 0 Å². The SMILES string of the molecule is CCOCCC1(CNC(=NC)NCC(C)Oc2ccccc2OC)CCCC1. The average molecular weight is 392 g/mol. The maximum Gasteiger partial charge on any atom is 0.191 e. The van der Waals surface area contributed by atoms with Gasteiger partial charge in [0, 0.05) is 26.8 Å². The number of aliphatic imine (C=N–C) groups is 1. The fourth-order valence-corrected chi connectivity index (χ4v) is 3.78. The molecule has 0 aromatic heterocycles. The summed E-state index contributed by atoms with van der Waals surface area (Å²) >= 11 is 0. The number of hydrogen-bond acceptors (Lipinski definition) is 4. The Morgan fingerprint density at radius 1 is 1.18 bits per heavy atom. The normalized spacial score (nSPS) is 17.2. The molecule has 1 saturated carbocycles. The molecule has 0 amide bonds. The maximum atomic E-state index is 6.01. The molecule has 0 spiro atoms. The molecule has 0 radical (unpaired) electrons. The van der Waals surface area contributed by atoms with Crippen molar-refractivity contribution in [3.8, 4) is 11.5 Å². The summed E-state index contributed by atoms with van der Waals surface area (Å²) in [4.78, 5) is 4.37. The second kappa shape index (κ2) is 11.8. The van der Waals surface area contributed by atoms with Gasteiger partial charge in [-0.1, -0.05) is 25.0 Å². The third-order valence-electron chi connectivity index (χ3n) is 5.45. The molecule has 6 heteroatoms. The summed E-state index contributed by atoms with van der Waals surface area (Å²) in [6.07, 6.45) is 6.23. The van der Waals surface area contributed by atoms with Crippen molar-refractivity contribution in [3.05, 3.63) is 24.3 Å². The second-order valence-corrected chi connectivity index (χ2v) is 7.54. The van der Waals surface area contributed by atoms with E-state index in [-0.39, 0.29) is 6.10 Å². The van der Waals surface area contributed by atoms with Gasteiger partial charge in [0.1, 0.15) is 6.10 Å². The monoisotopic (exact) mass is 391 g/mol. The first-order valence-corrected chi connectivity index (χ1v) is 10.4. The number of guanidine groups is 1. The number of para-hydroxylation sites is 2. The van der Waals surface area contributed by atoms with Crippen LogP contribution >= 0.6 is 0 Å². The van der Waals surface area contributed by atoms with E-state index in [4.69, 9.17) is 14.2 Å². The first-order chi connectivity index (χ1) is 13.6. The highest BCUT2D eigenvalue weighted by Gasteiger charge is 2.33. The van der Waals surface area contributed by atoms with Crippen molar-refractivity contribution in [2.75, 3.05) is 40.5 Å². The molecular weight excluding hydrogens is 354 g/mol. The van der Waals surface area contributed by atoms with Crippen LogP contribution in [0.1, 0.15) is 46.0 Å². The van der Waals surface area contributed by atoms with Crippen LogP contribution in [0.3, 0.4) is 0 Å². The molecule has 1 fully saturated rings. The van der Waals surface area contributed by atoms with Crippen LogP contribution < -0.4 is 20.1 Å². The molecule has 0 heterocycles. The number of nitrogens with zero attached hydrogens (tertiary/aromatic N) is 1. The van der Waals surface area contributed by atoms with Crippen LogP contribution in [-0.4, -0.2) is 52.5 Å². The predicted octanol–water partition coefficient (Wildman–Crippen LogP) is 3.61. The van der Waals surface area contributed by atoms with E-state index >= 15 is 0 Å². The minimum Gasteiger partial charge on any atom is -0.493 e. The lowest BCUT2D eigenvalue weighted by Gasteiger charge is -2.30. The van der Waals surface area contributed by atoms with E-state index in [1.54, 1.807) is 7.11 Å². The zero-order valence-corrected chi connectivity index (χ0v) is 17.9. The van der Waals surface area contributed by atoms with Crippen LogP contribution in [-0.2, 0) is 4.74 Å². The van der Waals surface area contributed by atoms with E-state index in [2.05, 4.69) is 22.5 Å². The quantitative estimate of drug-likeness (QED) is 0.343. The van der Waals surface area contributed by atoms with E-state index in [1.807, 2.05) is 38.2 Å². The van der Waals surface area contributed by atoms with Crippen molar-refractivity contribution in [2.45, 2.75) is 52.1 Å². The number of hydrogen-bond donors (Lipinski definition) is 2. The lowest BCUT2D eigenvalue weighted by Crippen LogP contribution is -2.45. The van der Waals surface area contributed by atoms with Crippen LogP contribution in [0.2, 0.25) is 0 Å². The van der Waals surface area contributed by atoms with Gasteiger partial charge >= 0.3 is 0 Å². The third kappa shape index (κ3) is 6.89. The molecule has 28 heavy (non-hydrogen) atoms. The van der Waals surface area contributed by atoms with Crippen LogP contribution in [0.25, 0.3) is 0 Å². The van der Waals surface area contributed by atoms with E-state index in [1.165, 1.54) is 25.7 Å². The molecule has 1 aromatic carbocycles. The molecule has 6 nitrogen and oxygen atoms in total. The zero-order chi connectivity index (χ0) is 20.2. The minimum atomic E-state index is -0.0201. The Labute approximate surface area is 170 Å². The van der Waals surface area contributed by atoms with Crippen molar-refractivity contribution < 1.29 is 14.2 Å². The average Bonchev–Trinajstić information content (AvgIpc) is 3.18. The molecule has 1 atom stereocenters. The molecule has 2 N–H and O–H groups in total. The van der Waals surface area contributed by atoms with Gasteiger partial charge in [0.15, 0.2) is 17.5 Å². The topological polar surface area (TPSA) is 64.1 Å². The maximum absolute atomic E-state index is 6.01. The summed E-state index contributed by atoms with van der Waals surface area (Å²) in [6.45, 7) is 7.31. The van der Waals surface area contributed by atoms with Gasteiger partial charge in [-0.15, -0.1) is 0 Å². The number of nitrogens with one attached hydrogen (secondary N) is 2. The molecule has 0 bridgehead atoms. The summed E-state index contributed by atoms with van der Waals surface area (Å²) in [5.74, 6) is 2.32. The molecule has 2 rings (SSSR count). The highest BCUT2D eigenvalue weighted by Crippen LogP contribution is 2.40. The summed E-state index contributed by atoms with van der Waals surface area (Å²) in [6, 6.07) is 7.70. The fraction of sp³-hybridized carbons (Fsp3) is 0.682. The molecule has 1 aromatic rings. The largest absolute Gasteiger partial charge is 0.493 e. The molecule has 0 saturated heterocycles. The summed E-state index contributed by atoms with van der Waals surface area (Å²) in [5.41, 5.74) is 0.326. The first-order valence-electron chi connectivity index (χ1n) is 10.4. The van der Waals surface area contributed by atoms with Gasteiger partial charge in [0.05, 0.1) is 13.7 Å². The third-order valence-corrected chi connectivity index (χ3v) is 5.45. The minimum absolute atomic E-state index is 0.0201. The Morgan fingerprint density at radius 3 is 2.54 bits per heavy atom. The number of ether oxygens (including phenoxy) is 3. The van der Waals surface area contributed by atoms with Gasteiger partial charge in [-0.05, 0) is 50.7 Å². The van der Waals surface area contributed by atoms with Crippen molar-refractivity contribution in [1.29, 1.82) is 0 Å². The molecule has 0 aliphatic heterocycles. The molecule has 1 unspecified atom stereocenters. The highest BCUT2D eigenvalue weighted by atomic mass is 16.5. The molecule has 1 aliphatic rings. The van der Waals surface area contributed by atoms with Crippen LogP contribution in [0, 0.1) is 5.41 Å². The van der Waals surface area contributed by atoms with Crippen molar-refractivity contribution in [2.24, 2.45) is 10.4 Å². The lowest BCUT2D eigenvalue weighted by molar-refractivity contribution is 0.105. The van der Waals surface area contributed by atoms with Gasteiger partial charge in [-0.3, -0.25) is 4.99 Å². The summed E-state index contributed by atoms with van der Waals surface area (Å²) in [7, 11) is 3.46. The number of methoxy groups -OCH3 is 1. The Balaban J connectivity index is 1.80. The van der Waals surface area contributed by atoms with Crippen LogP contribution in [0.15, 0.2) is 29.3 Å². The van der Waals surface area contributed by atoms with Crippen molar-refractivity contribution in [3.63, 3.8) is 0 Å². The smallest absolute Gasteiger partial charge is 0.191 e. The van der Waals surface area contributed by atoms with Crippen molar-refractivity contribution in [1.82, 2.24) is 10.6 Å². The highest BCUT2D eigenvalue weighted by molar-refractivity contribution is 5.79. The zero-order valence-electron chi connectivity index (χ0n) is 17.9. The molecular formula is C22H37N3O3. The summed E-state index contributed by atoms with van der Waals surface area (Å²) < 4.78 is 17.0. The van der Waals surface area contributed by atoms with E-state index in [0.29, 0.717) is 12.0 Å². The van der Waals surface area contributed by atoms with Crippen LogP contribution in [0.4, 0.5) is 0 Å². The van der Waals surface area contributed by atoms with Crippen molar-refractivity contribution >= 4 is 5.96 Å². The molecule has 1 aliphatic carbocycles. The van der Waals surface area contributed by atoms with Gasteiger partial charge in [0.25, 0.3) is 0 Å². The summed E-state index contributed by atoms with van der Waals surface area (Å²) in [5, 5.41) is 6.90. The van der Waals surface area contributed by atoms with Crippen LogP contribution in [0.5, 0.6) is 11.5 Å². The fourth-order valence-electron chi connectivity index (χ4n) is 3.78. The Kier molecular flexibility index (Phi) is 9.41. The number of benzene rings is 1.